The van der Waals surface area contributed by atoms with Crippen molar-refractivity contribution in [2.45, 2.75) is 4.90 Å². The van der Waals surface area contributed by atoms with Gasteiger partial charge in [0.25, 0.3) is 33.4 Å². The Bertz CT molecular complexity index is 1370. The Morgan fingerprint density at radius 2 is 1.79 bits per heavy atom. The van der Waals surface area contributed by atoms with Gasteiger partial charge in [-0.15, -0.1) is 0 Å². The summed E-state index contributed by atoms with van der Waals surface area (Å²) in [5.74, 6) is -2.45. The van der Waals surface area contributed by atoms with E-state index in [0.29, 0.717) is 9.87 Å². The molecule has 1 N–H and O–H groups in total. The maximum Gasteiger partial charge on any atom is 0.285 e. The predicted molar refractivity (Wildman–Crippen MR) is 121 cm³/mol. The largest absolute Gasteiger partial charge is 0.285 e. The van der Waals surface area contributed by atoms with E-state index in [1.54, 1.807) is 0 Å². The Hall–Kier alpha value is -3.62. The van der Waals surface area contributed by atoms with Gasteiger partial charge in [0.05, 0.1) is 15.4 Å². The van der Waals surface area contributed by atoms with Gasteiger partial charge >= 0.3 is 0 Å². The summed E-state index contributed by atoms with van der Waals surface area (Å²) in [7, 11) is -4.19. The number of amides is 3. The highest BCUT2D eigenvalue weighted by Gasteiger charge is 2.42. The maximum atomic E-state index is 12.7. The van der Waals surface area contributed by atoms with Crippen LogP contribution in [0.3, 0.4) is 0 Å². The molecule has 0 unspecified atom stereocenters. The highest BCUT2D eigenvalue weighted by atomic mass is 32.2. The number of hydrogen-bond donors (Lipinski definition) is 1. The SMILES string of the molecule is O=C(CN1C(=O)c2ccccc2S1(=O)=O)NN1C(=O)/C(=C/c2ccc([N+](=O)[O-])cc2)SC1=S. The van der Waals surface area contributed by atoms with Gasteiger partial charge in [-0.3, -0.25) is 29.9 Å². The minimum atomic E-state index is -4.19. The van der Waals surface area contributed by atoms with Gasteiger partial charge in [-0.1, -0.05) is 23.9 Å². The molecule has 2 aliphatic rings. The summed E-state index contributed by atoms with van der Waals surface area (Å²) in [5.41, 5.74) is 2.57. The van der Waals surface area contributed by atoms with Gasteiger partial charge in [0.2, 0.25) is 0 Å². The van der Waals surface area contributed by atoms with Gasteiger partial charge in [0.1, 0.15) is 11.4 Å². The van der Waals surface area contributed by atoms with Crippen LogP contribution >= 0.6 is 24.0 Å². The second-order valence-electron chi connectivity index (χ2n) is 6.71. The number of non-ortho nitro benzene ring substituents is 1. The van der Waals surface area contributed by atoms with E-state index in [1.165, 1.54) is 54.6 Å². The number of thioether (sulfide) groups is 1. The second-order valence-corrected chi connectivity index (χ2v) is 10.2. The molecule has 4 rings (SSSR count). The standard InChI is InChI=1S/C19H12N4O7S3/c24-16(10-21-17(25)13-3-1-2-4-15(13)33(21,29)30)20-22-18(26)14(32-19(22)31)9-11-5-7-12(8-6-11)23(27)28/h1-9H,10H2,(H,20,24)/b14-9-. The average molecular weight is 505 g/mol. The number of sulfonamides is 1. The first-order valence-corrected chi connectivity index (χ1v) is 11.7. The van der Waals surface area contributed by atoms with Crippen molar-refractivity contribution in [3.8, 4) is 0 Å². The van der Waals surface area contributed by atoms with E-state index >= 15 is 0 Å². The Labute approximate surface area is 196 Å². The van der Waals surface area contributed by atoms with Crippen LogP contribution in [-0.2, 0) is 19.6 Å². The molecule has 0 saturated carbocycles. The lowest BCUT2D eigenvalue weighted by Crippen LogP contribution is -2.49. The Morgan fingerprint density at radius 1 is 1.12 bits per heavy atom. The van der Waals surface area contributed by atoms with Crippen molar-refractivity contribution in [1.82, 2.24) is 14.7 Å². The molecule has 14 heteroatoms. The fourth-order valence-electron chi connectivity index (χ4n) is 3.09. The molecule has 2 aromatic rings. The first kappa shape index (κ1) is 22.6. The zero-order chi connectivity index (χ0) is 23.9. The predicted octanol–water partition coefficient (Wildman–Crippen LogP) is 1.67. The summed E-state index contributed by atoms with van der Waals surface area (Å²) in [6, 6.07) is 11.0. The molecule has 0 atom stereocenters. The molecule has 1 saturated heterocycles. The van der Waals surface area contributed by atoms with Crippen LogP contribution in [0.5, 0.6) is 0 Å². The first-order valence-electron chi connectivity index (χ1n) is 9.07. The number of nitro benzene ring substituents is 1. The molecule has 0 radical (unpaired) electrons. The van der Waals surface area contributed by atoms with Crippen molar-refractivity contribution in [2.24, 2.45) is 0 Å². The fraction of sp³-hybridized carbons (Fsp3) is 0.0526. The number of hydrazine groups is 1. The van der Waals surface area contributed by atoms with Crippen molar-refractivity contribution in [3.05, 3.63) is 74.7 Å². The second kappa shape index (κ2) is 8.38. The lowest BCUT2D eigenvalue weighted by molar-refractivity contribution is -0.384. The summed E-state index contributed by atoms with van der Waals surface area (Å²) in [4.78, 5) is 47.7. The van der Waals surface area contributed by atoms with E-state index in [2.05, 4.69) is 5.43 Å². The number of rotatable bonds is 5. The molecule has 2 aromatic carbocycles. The van der Waals surface area contributed by atoms with Crippen LogP contribution in [0.25, 0.3) is 6.08 Å². The molecule has 3 amide bonds. The Balaban J connectivity index is 1.47. The summed E-state index contributed by atoms with van der Waals surface area (Å²) in [5, 5.41) is 11.5. The van der Waals surface area contributed by atoms with Crippen molar-refractivity contribution >= 4 is 67.8 Å². The number of carbonyl (C=O) groups excluding carboxylic acids is 3. The molecule has 2 aliphatic heterocycles. The molecule has 1 fully saturated rings. The van der Waals surface area contributed by atoms with Crippen LogP contribution in [-0.4, -0.2) is 51.2 Å². The lowest BCUT2D eigenvalue weighted by atomic mass is 10.2. The Kier molecular flexibility index (Phi) is 5.73. The highest BCUT2D eigenvalue weighted by molar-refractivity contribution is 8.26. The van der Waals surface area contributed by atoms with Gasteiger partial charge in [-0.2, -0.15) is 5.01 Å². The van der Waals surface area contributed by atoms with E-state index < -0.39 is 39.2 Å². The highest BCUT2D eigenvalue weighted by Crippen LogP contribution is 2.32. The molecular weight excluding hydrogens is 492 g/mol. The smallest absolute Gasteiger partial charge is 0.271 e. The molecule has 0 aliphatic carbocycles. The first-order chi connectivity index (χ1) is 15.6. The van der Waals surface area contributed by atoms with Crippen LogP contribution in [0.15, 0.2) is 58.3 Å². The van der Waals surface area contributed by atoms with Gasteiger partial charge in [-0.05, 0) is 48.1 Å². The zero-order valence-electron chi connectivity index (χ0n) is 16.3. The number of nitro groups is 1. The molecular formula is C19H12N4O7S3. The van der Waals surface area contributed by atoms with E-state index in [-0.39, 0.29) is 25.4 Å². The molecule has 0 spiro atoms. The van der Waals surface area contributed by atoms with E-state index in [1.807, 2.05) is 0 Å². The van der Waals surface area contributed by atoms with E-state index in [0.717, 1.165) is 16.8 Å². The van der Waals surface area contributed by atoms with Gasteiger partial charge in [0, 0.05) is 12.1 Å². The number of thiocarbonyl (C=S) groups is 1. The summed E-state index contributed by atoms with van der Waals surface area (Å²) in [6.45, 7) is -0.839. The number of nitrogens with one attached hydrogen (secondary N) is 1. The van der Waals surface area contributed by atoms with E-state index in [4.69, 9.17) is 12.2 Å². The lowest BCUT2D eigenvalue weighted by Gasteiger charge is -2.19. The minimum Gasteiger partial charge on any atom is -0.271 e. The van der Waals surface area contributed by atoms with Gasteiger partial charge in [0.15, 0.2) is 4.32 Å². The van der Waals surface area contributed by atoms with Crippen molar-refractivity contribution in [3.63, 3.8) is 0 Å². The van der Waals surface area contributed by atoms with Crippen LogP contribution in [0.2, 0.25) is 0 Å². The van der Waals surface area contributed by atoms with Crippen LogP contribution in [0.4, 0.5) is 5.69 Å². The number of hydrogen-bond acceptors (Lipinski definition) is 9. The monoisotopic (exact) mass is 504 g/mol. The number of fused-ring (bicyclic) bond motifs is 1. The average Bonchev–Trinajstić information content (AvgIpc) is 3.14. The normalized spacial score (nSPS) is 18.1. The molecule has 168 valence electrons. The van der Waals surface area contributed by atoms with Crippen LogP contribution in [0.1, 0.15) is 15.9 Å². The third-order valence-electron chi connectivity index (χ3n) is 4.63. The zero-order valence-corrected chi connectivity index (χ0v) is 18.8. The van der Waals surface area contributed by atoms with Gasteiger partial charge < -0.3 is 0 Å². The molecule has 11 nitrogen and oxygen atoms in total. The van der Waals surface area contributed by atoms with Crippen molar-refractivity contribution < 1.29 is 27.7 Å². The van der Waals surface area contributed by atoms with Gasteiger partial charge in [-0.25, -0.2) is 12.7 Å². The summed E-state index contributed by atoms with van der Waals surface area (Å²) >= 11 is 6.00. The van der Waals surface area contributed by atoms with Crippen molar-refractivity contribution in [1.29, 1.82) is 0 Å². The maximum absolute atomic E-state index is 12.7. The van der Waals surface area contributed by atoms with Crippen LogP contribution < -0.4 is 5.43 Å². The molecule has 2 heterocycles. The van der Waals surface area contributed by atoms with Crippen molar-refractivity contribution in [2.75, 3.05) is 6.54 Å². The number of nitrogens with zero attached hydrogens (tertiary/aromatic N) is 3. The molecule has 33 heavy (non-hydrogen) atoms. The molecule has 0 aromatic heterocycles. The number of benzene rings is 2. The minimum absolute atomic E-state index is 0.0135. The summed E-state index contributed by atoms with van der Waals surface area (Å²) < 4.78 is 25.6. The third kappa shape index (κ3) is 4.10. The fourth-order valence-corrected chi connectivity index (χ4v) is 5.79. The number of carbonyl (C=O) groups is 3. The van der Waals surface area contributed by atoms with E-state index in [9.17, 15) is 32.9 Å². The molecule has 0 bridgehead atoms. The topological polar surface area (TPSA) is 147 Å². The third-order valence-corrected chi connectivity index (χ3v) is 7.72. The van der Waals surface area contributed by atoms with Crippen LogP contribution in [0, 0.1) is 10.1 Å². The summed E-state index contributed by atoms with van der Waals surface area (Å²) in [6.07, 6.45) is 1.44. The Morgan fingerprint density at radius 3 is 2.42 bits per heavy atom. The quantitative estimate of drug-likeness (QED) is 0.278.